The molecule has 31 heavy (non-hydrogen) atoms. The summed E-state index contributed by atoms with van der Waals surface area (Å²) >= 11 is 0. The van der Waals surface area contributed by atoms with Gasteiger partial charge in [-0.25, -0.2) is 21.6 Å². The normalized spacial score (nSPS) is 18.3. The summed E-state index contributed by atoms with van der Waals surface area (Å²) in [7, 11) is -7.20. The van der Waals surface area contributed by atoms with Crippen molar-refractivity contribution < 1.29 is 21.6 Å². The molecule has 10 heteroatoms. The van der Waals surface area contributed by atoms with Crippen molar-refractivity contribution in [2.24, 2.45) is 0 Å². The molecule has 8 nitrogen and oxygen atoms in total. The van der Waals surface area contributed by atoms with Gasteiger partial charge in [0.1, 0.15) is 0 Å². The van der Waals surface area contributed by atoms with Crippen molar-refractivity contribution in [3.8, 4) is 6.07 Å². The number of sulfone groups is 1. The molecule has 1 aliphatic rings. The topological polar surface area (TPSA) is 133 Å². The van der Waals surface area contributed by atoms with Gasteiger partial charge < -0.3 is 5.32 Å². The van der Waals surface area contributed by atoms with Crippen LogP contribution in [0.25, 0.3) is 0 Å². The maximum atomic E-state index is 12.6. The summed E-state index contributed by atoms with van der Waals surface area (Å²) in [5, 5.41) is 11.9. The van der Waals surface area contributed by atoms with Crippen LogP contribution in [0.3, 0.4) is 0 Å². The first kappa shape index (κ1) is 22.9. The lowest BCUT2D eigenvalue weighted by molar-refractivity contribution is 0.102. The molecule has 3 rings (SSSR count). The summed E-state index contributed by atoms with van der Waals surface area (Å²) in [5.41, 5.74) is 0.797. The SMILES string of the molecule is CC(C)(C#N)c1ccc(NC(=O)c2cccc(S(=O)(=O)N[C@@H]3CCS(=O)(=O)C3)c2)cc1. The van der Waals surface area contributed by atoms with Crippen LogP contribution in [0.4, 0.5) is 5.69 Å². The number of rotatable bonds is 6. The monoisotopic (exact) mass is 461 g/mol. The van der Waals surface area contributed by atoms with Crippen LogP contribution in [-0.4, -0.2) is 40.3 Å². The van der Waals surface area contributed by atoms with Gasteiger partial charge in [-0.1, -0.05) is 18.2 Å². The minimum absolute atomic E-state index is 0.0486. The van der Waals surface area contributed by atoms with Crippen LogP contribution in [0, 0.1) is 11.3 Å². The highest BCUT2D eigenvalue weighted by Crippen LogP contribution is 2.24. The van der Waals surface area contributed by atoms with Gasteiger partial charge in [0.15, 0.2) is 9.84 Å². The molecule has 1 fully saturated rings. The molecule has 0 aromatic heterocycles. The van der Waals surface area contributed by atoms with Crippen LogP contribution < -0.4 is 10.0 Å². The average Bonchev–Trinajstić information content (AvgIpc) is 3.06. The zero-order chi connectivity index (χ0) is 22.9. The Morgan fingerprint density at radius 3 is 2.42 bits per heavy atom. The molecule has 0 spiro atoms. The van der Waals surface area contributed by atoms with Crippen LogP contribution in [-0.2, 0) is 25.3 Å². The van der Waals surface area contributed by atoms with E-state index in [4.69, 9.17) is 0 Å². The highest BCUT2D eigenvalue weighted by Gasteiger charge is 2.31. The number of hydrogen-bond donors (Lipinski definition) is 2. The second kappa shape index (κ2) is 8.42. The predicted molar refractivity (Wildman–Crippen MR) is 117 cm³/mol. The molecule has 1 aliphatic heterocycles. The molecule has 1 heterocycles. The number of nitrogens with zero attached hydrogens (tertiary/aromatic N) is 1. The number of carbonyl (C=O) groups is 1. The lowest BCUT2D eigenvalue weighted by Crippen LogP contribution is -2.35. The number of carbonyl (C=O) groups excluding carboxylic acids is 1. The van der Waals surface area contributed by atoms with Crippen molar-refractivity contribution in [2.75, 3.05) is 16.8 Å². The minimum Gasteiger partial charge on any atom is -0.322 e. The Bertz CT molecular complexity index is 1240. The van der Waals surface area contributed by atoms with Gasteiger partial charge >= 0.3 is 0 Å². The number of anilines is 1. The minimum atomic E-state index is -3.97. The Morgan fingerprint density at radius 2 is 1.84 bits per heavy atom. The Hall–Kier alpha value is -2.74. The van der Waals surface area contributed by atoms with Crippen molar-refractivity contribution in [3.05, 3.63) is 59.7 Å². The van der Waals surface area contributed by atoms with E-state index in [0.717, 1.165) is 5.56 Å². The van der Waals surface area contributed by atoms with Crippen LogP contribution in [0.5, 0.6) is 0 Å². The maximum Gasteiger partial charge on any atom is 0.255 e. The molecule has 0 saturated carbocycles. The van der Waals surface area contributed by atoms with E-state index in [1.807, 2.05) is 0 Å². The fraction of sp³-hybridized carbons (Fsp3) is 0.333. The molecule has 1 saturated heterocycles. The van der Waals surface area contributed by atoms with Crippen molar-refractivity contribution in [2.45, 2.75) is 36.6 Å². The first-order valence-electron chi connectivity index (χ1n) is 9.58. The highest BCUT2D eigenvalue weighted by atomic mass is 32.2. The van der Waals surface area contributed by atoms with Gasteiger partial charge in [-0.05, 0) is 56.2 Å². The molecular formula is C21H23N3O5S2. The van der Waals surface area contributed by atoms with Gasteiger partial charge in [0, 0.05) is 17.3 Å². The smallest absolute Gasteiger partial charge is 0.255 e. The van der Waals surface area contributed by atoms with Gasteiger partial charge in [0.2, 0.25) is 10.0 Å². The molecule has 1 amide bonds. The summed E-state index contributed by atoms with van der Waals surface area (Å²) in [4.78, 5) is 12.5. The summed E-state index contributed by atoms with van der Waals surface area (Å²) in [5.74, 6) is -0.773. The van der Waals surface area contributed by atoms with Crippen molar-refractivity contribution in [3.63, 3.8) is 0 Å². The quantitative estimate of drug-likeness (QED) is 0.678. The summed E-state index contributed by atoms with van der Waals surface area (Å²) in [6.07, 6.45) is 0.223. The third-order valence-electron chi connectivity index (χ3n) is 5.10. The van der Waals surface area contributed by atoms with Gasteiger partial charge in [-0.2, -0.15) is 5.26 Å². The van der Waals surface area contributed by atoms with Crippen LogP contribution in [0.15, 0.2) is 53.4 Å². The fourth-order valence-electron chi connectivity index (χ4n) is 3.22. The van der Waals surface area contributed by atoms with E-state index < -0.39 is 37.2 Å². The molecule has 2 N–H and O–H groups in total. The van der Waals surface area contributed by atoms with Gasteiger partial charge in [0.05, 0.1) is 27.9 Å². The third-order valence-corrected chi connectivity index (χ3v) is 8.39. The zero-order valence-corrected chi connectivity index (χ0v) is 18.8. The number of amides is 1. The standard InChI is InChI=1S/C21H23N3O5S2/c1-21(2,14-22)16-6-8-17(9-7-16)23-20(25)15-4-3-5-19(12-15)31(28,29)24-18-10-11-30(26,27)13-18/h3-9,12,18,24H,10-11,13H2,1-2H3,(H,23,25)/t18-/m1/s1. The third kappa shape index (κ3) is 5.50. The lowest BCUT2D eigenvalue weighted by atomic mass is 9.86. The molecule has 164 valence electrons. The largest absolute Gasteiger partial charge is 0.322 e. The van der Waals surface area contributed by atoms with Crippen molar-refractivity contribution in [1.29, 1.82) is 5.26 Å². The first-order valence-corrected chi connectivity index (χ1v) is 12.9. The number of hydrogen-bond acceptors (Lipinski definition) is 6. The maximum absolute atomic E-state index is 12.6. The summed E-state index contributed by atoms with van der Waals surface area (Å²) in [6.45, 7) is 3.59. The summed E-state index contributed by atoms with van der Waals surface area (Å²) in [6, 6.07) is 13.9. The van der Waals surface area contributed by atoms with E-state index >= 15 is 0 Å². The Morgan fingerprint density at radius 1 is 1.16 bits per heavy atom. The number of sulfonamides is 1. The van der Waals surface area contributed by atoms with Gasteiger partial charge in [-0.15, -0.1) is 0 Å². The van der Waals surface area contributed by atoms with Gasteiger partial charge in [0.25, 0.3) is 5.91 Å². The van der Waals surface area contributed by atoms with E-state index in [-0.39, 0.29) is 28.4 Å². The molecule has 0 radical (unpaired) electrons. The van der Waals surface area contributed by atoms with Crippen LogP contribution >= 0.6 is 0 Å². The van der Waals surface area contributed by atoms with Crippen LogP contribution in [0.1, 0.15) is 36.2 Å². The first-order chi connectivity index (χ1) is 14.4. The highest BCUT2D eigenvalue weighted by molar-refractivity contribution is 7.92. The second-order valence-electron chi connectivity index (χ2n) is 8.02. The average molecular weight is 462 g/mol. The van der Waals surface area contributed by atoms with Crippen molar-refractivity contribution >= 4 is 31.5 Å². The Labute approximate surface area is 182 Å². The zero-order valence-electron chi connectivity index (χ0n) is 17.1. The number of nitriles is 1. The van der Waals surface area contributed by atoms with Crippen LogP contribution in [0.2, 0.25) is 0 Å². The van der Waals surface area contributed by atoms with Crippen molar-refractivity contribution in [1.82, 2.24) is 4.72 Å². The molecular weight excluding hydrogens is 438 g/mol. The molecule has 0 unspecified atom stereocenters. The van der Waals surface area contributed by atoms with E-state index in [2.05, 4.69) is 16.1 Å². The molecule has 2 aromatic carbocycles. The number of benzene rings is 2. The second-order valence-corrected chi connectivity index (χ2v) is 12.0. The molecule has 0 bridgehead atoms. The predicted octanol–water partition coefficient (Wildman–Crippen LogP) is 2.21. The Kier molecular flexibility index (Phi) is 6.23. The lowest BCUT2D eigenvalue weighted by Gasteiger charge is -2.16. The van der Waals surface area contributed by atoms with E-state index in [1.165, 1.54) is 24.3 Å². The fourth-order valence-corrected chi connectivity index (χ4v) is 6.31. The summed E-state index contributed by atoms with van der Waals surface area (Å²) < 4.78 is 50.8. The van der Waals surface area contributed by atoms with E-state index in [1.54, 1.807) is 38.1 Å². The molecule has 2 aromatic rings. The van der Waals surface area contributed by atoms with Gasteiger partial charge in [-0.3, -0.25) is 4.79 Å². The van der Waals surface area contributed by atoms with E-state index in [9.17, 15) is 26.9 Å². The molecule has 1 atom stereocenters. The Balaban J connectivity index is 1.74. The number of nitrogens with one attached hydrogen (secondary N) is 2. The van der Waals surface area contributed by atoms with E-state index in [0.29, 0.717) is 5.69 Å². The molecule has 0 aliphatic carbocycles.